The molecule has 36 heavy (non-hydrogen) atoms. The van der Waals surface area contributed by atoms with E-state index in [0.29, 0.717) is 15.8 Å². The van der Waals surface area contributed by atoms with E-state index in [1.165, 1.54) is 18.2 Å². The third-order valence-electron chi connectivity index (χ3n) is 6.69. The Labute approximate surface area is 222 Å². The lowest BCUT2D eigenvalue weighted by Gasteiger charge is -2.29. The fourth-order valence-corrected chi connectivity index (χ4v) is 6.16. The van der Waals surface area contributed by atoms with Crippen LogP contribution in [0.3, 0.4) is 0 Å². The smallest absolute Gasteiger partial charge is 0.266 e. The zero-order valence-electron chi connectivity index (χ0n) is 20.6. The molecule has 2 aliphatic rings. The molecular formula is C29H31N3O2S2. The summed E-state index contributed by atoms with van der Waals surface area (Å²) in [4.78, 5) is 16.0. The maximum absolute atomic E-state index is 13.4. The van der Waals surface area contributed by atoms with Crippen molar-refractivity contribution in [2.24, 2.45) is 0 Å². The monoisotopic (exact) mass is 517 g/mol. The van der Waals surface area contributed by atoms with Gasteiger partial charge in [-0.3, -0.25) is 9.69 Å². The average molecular weight is 518 g/mol. The van der Waals surface area contributed by atoms with E-state index < -0.39 is 0 Å². The molecule has 0 atom stereocenters. The SMILES string of the molecule is CCCCOc1cccc(-c2nn(-c3ccccc3)cc2C=C2SC(=S)N(C3CCCCC3)C2=O)c1. The second-order valence-electron chi connectivity index (χ2n) is 9.29. The van der Waals surface area contributed by atoms with Gasteiger partial charge < -0.3 is 4.74 Å². The predicted molar refractivity (Wildman–Crippen MR) is 151 cm³/mol. The summed E-state index contributed by atoms with van der Waals surface area (Å²) in [7, 11) is 0. The van der Waals surface area contributed by atoms with Crippen LogP contribution in [0.1, 0.15) is 57.4 Å². The van der Waals surface area contributed by atoms with Crippen molar-refractivity contribution in [3.05, 3.63) is 71.3 Å². The zero-order valence-corrected chi connectivity index (χ0v) is 22.2. The van der Waals surface area contributed by atoms with E-state index in [1.807, 2.05) is 76.5 Å². The minimum absolute atomic E-state index is 0.0203. The Morgan fingerprint density at radius 2 is 1.92 bits per heavy atom. The van der Waals surface area contributed by atoms with Gasteiger partial charge in [-0.1, -0.05) is 86.9 Å². The van der Waals surface area contributed by atoms with E-state index in [-0.39, 0.29) is 11.9 Å². The standard InChI is InChI=1S/C29H31N3O2S2/c1-2-3-17-34-25-16-10-11-21(18-25)27-22(20-31(30-27)23-12-6-4-7-13-23)19-26-28(33)32(29(35)36-26)24-14-8-5-9-15-24/h4,6-7,10-13,16,18-20,24H,2-3,5,8-9,14-15,17H2,1H3. The molecule has 1 amide bonds. The molecule has 2 fully saturated rings. The first-order valence-corrected chi connectivity index (χ1v) is 14.0. The molecule has 1 saturated carbocycles. The minimum atomic E-state index is 0.0203. The molecule has 186 valence electrons. The summed E-state index contributed by atoms with van der Waals surface area (Å²) in [5, 5.41) is 4.93. The Morgan fingerprint density at radius 3 is 2.69 bits per heavy atom. The van der Waals surface area contributed by atoms with Crippen LogP contribution < -0.4 is 4.74 Å². The Kier molecular flexibility index (Phi) is 7.87. The number of ether oxygens (including phenoxy) is 1. The Balaban J connectivity index is 1.51. The zero-order chi connectivity index (χ0) is 24.9. The first-order valence-electron chi connectivity index (χ1n) is 12.8. The van der Waals surface area contributed by atoms with Crippen molar-refractivity contribution >= 4 is 40.3 Å². The van der Waals surface area contributed by atoms with Gasteiger partial charge in [-0.05, 0) is 49.6 Å². The van der Waals surface area contributed by atoms with E-state index in [2.05, 4.69) is 6.92 Å². The molecule has 5 rings (SSSR count). The number of hydrogen-bond acceptors (Lipinski definition) is 5. The van der Waals surface area contributed by atoms with Crippen LogP contribution in [-0.4, -0.2) is 37.6 Å². The quantitative estimate of drug-likeness (QED) is 0.179. The van der Waals surface area contributed by atoms with Crippen LogP contribution >= 0.6 is 24.0 Å². The molecule has 0 N–H and O–H groups in total. The van der Waals surface area contributed by atoms with Crippen LogP contribution in [0.25, 0.3) is 23.0 Å². The van der Waals surface area contributed by atoms with E-state index in [0.717, 1.165) is 66.8 Å². The number of para-hydroxylation sites is 1. The highest BCUT2D eigenvalue weighted by Crippen LogP contribution is 2.38. The van der Waals surface area contributed by atoms with Gasteiger partial charge in [0.25, 0.3) is 5.91 Å². The summed E-state index contributed by atoms with van der Waals surface area (Å²) in [6.45, 7) is 2.84. The van der Waals surface area contributed by atoms with Crippen molar-refractivity contribution in [2.45, 2.75) is 57.9 Å². The van der Waals surface area contributed by atoms with Gasteiger partial charge in [-0.25, -0.2) is 4.68 Å². The van der Waals surface area contributed by atoms with Crippen LogP contribution in [0.4, 0.5) is 0 Å². The highest BCUT2D eigenvalue weighted by Gasteiger charge is 2.37. The van der Waals surface area contributed by atoms with Gasteiger partial charge in [0.05, 0.1) is 17.2 Å². The number of nitrogens with zero attached hydrogens (tertiary/aromatic N) is 3. The lowest BCUT2D eigenvalue weighted by atomic mass is 9.94. The largest absolute Gasteiger partial charge is 0.494 e. The fourth-order valence-electron chi connectivity index (χ4n) is 4.77. The first-order chi connectivity index (χ1) is 17.6. The van der Waals surface area contributed by atoms with Gasteiger partial charge in [0.2, 0.25) is 0 Å². The molecule has 1 aliphatic heterocycles. The highest BCUT2D eigenvalue weighted by molar-refractivity contribution is 8.26. The molecule has 0 radical (unpaired) electrons. The predicted octanol–water partition coefficient (Wildman–Crippen LogP) is 7.25. The maximum atomic E-state index is 13.4. The molecule has 2 heterocycles. The van der Waals surface area contributed by atoms with Crippen LogP contribution in [0.5, 0.6) is 5.75 Å². The second-order valence-corrected chi connectivity index (χ2v) is 11.0. The van der Waals surface area contributed by atoms with Crippen molar-refractivity contribution in [3.63, 3.8) is 0 Å². The summed E-state index contributed by atoms with van der Waals surface area (Å²) >= 11 is 7.06. The highest BCUT2D eigenvalue weighted by atomic mass is 32.2. The number of thioether (sulfide) groups is 1. The van der Waals surface area contributed by atoms with E-state index in [9.17, 15) is 4.79 Å². The average Bonchev–Trinajstić information content (AvgIpc) is 3.46. The van der Waals surface area contributed by atoms with Gasteiger partial charge in [0.1, 0.15) is 15.8 Å². The molecule has 0 unspecified atom stereocenters. The van der Waals surface area contributed by atoms with Gasteiger partial charge in [-0.2, -0.15) is 5.10 Å². The summed E-state index contributed by atoms with van der Waals surface area (Å²) in [6.07, 6.45) is 11.7. The number of amides is 1. The molecule has 3 aromatic rings. The lowest BCUT2D eigenvalue weighted by Crippen LogP contribution is -2.39. The van der Waals surface area contributed by atoms with E-state index in [4.69, 9.17) is 22.1 Å². The van der Waals surface area contributed by atoms with Crippen LogP contribution in [0, 0.1) is 0 Å². The number of carbonyl (C=O) groups is 1. The van der Waals surface area contributed by atoms with E-state index in [1.54, 1.807) is 0 Å². The number of carbonyl (C=O) groups excluding carboxylic acids is 1. The number of rotatable bonds is 8. The van der Waals surface area contributed by atoms with Crippen LogP contribution in [-0.2, 0) is 4.79 Å². The first kappa shape index (κ1) is 24.8. The van der Waals surface area contributed by atoms with E-state index >= 15 is 0 Å². The third-order valence-corrected chi connectivity index (χ3v) is 8.02. The maximum Gasteiger partial charge on any atom is 0.266 e. The number of aromatic nitrogens is 2. The lowest BCUT2D eigenvalue weighted by molar-refractivity contribution is -0.124. The number of thiocarbonyl (C=S) groups is 1. The van der Waals surface area contributed by atoms with Gasteiger partial charge >= 0.3 is 0 Å². The number of unbranched alkanes of at least 4 members (excludes halogenated alkanes) is 1. The van der Waals surface area contributed by atoms with Crippen molar-refractivity contribution in [1.29, 1.82) is 0 Å². The Hall–Kier alpha value is -2.90. The van der Waals surface area contributed by atoms with Crippen molar-refractivity contribution in [1.82, 2.24) is 14.7 Å². The van der Waals surface area contributed by atoms with Crippen molar-refractivity contribution < 1.29 is 9.53 Å². The molecule has 5 nitrogen and oxygen atoms in total. The number of hydrogen-bond donors (Lipinski definition) is 0. The van der Waals surface area contributed by atoms with Crippen molar-refractivity contribution in [3.8, 4) is 22.7 Å². The number of benzene rings is 2. The topological polar surface area (TPSA) is 47.4 Å². The van der Waals surface area contributed by atoms with Crippen molar-refractivity contribution in [2.75, 3.05) is 6.61 Å². The molecule has 0 bridgehead atoms. The van der Waals surface area contributed by atoms with Gasteiger partial charge in [0, 0.05) is 23.4 Å². The molecule has 2 aromatic carbocycles. The summed E-state index contributed by atoms with van der Waals surface area (Å²) in [5.74, 6) is 0.844. The van der Waals surface area contributed by atoms with Gasteiger partial charge in [0.15, 0.2) is 0 Å². The Morgan fingerprint density at radius 1 is 1.11 bits per heavy atom. The minimum Gasteiger partial charge on any atom is -0.494 e. The molecule has 7 heteroatoms. The fraction of sp³-hybridized carbons (Fsp3) is 0.345. The normalized spacial score (nSPS) is 17.8. The summed E-state index contributed by atoms with van der Waals surface area (Å²) in [6, 6.07) is 18.3. The Bertz CT molecular complexity index is 1260. The van der Waals surface area contributed by atoms with Crippen LogP contribution in [0.2, 0.25) is 0 Å². The third kappa shape index (κ3) is 5.42. The summed E-state index contributed by atoms with van der Waals surface area (Å²) < 4.78 is 8.49. The molecular weight excluding hydrogens is 486 g/mol. The second kappa shape index (κ2) is 11.4. The van der Waals surface area contributed by atoms with Gasteiger partial charge in [-0.15, -0.1) is 0 Å². The van der Waals surface area contributed by atoms with Crippen LogP contribution in [0.15, 0.2) is 65.7 Å². The molecule has 1 aliphatic carbocycles. The molecule has 1 aromatic heterocycles. The molecule has 0 spiro atoms. The molecule has 1 saturated heterocycles. The summed E-state index contributed by atoms with van der Waals surface area (Å²) in [5.41, 5.74) is 3.60.